The molecule has 11 heavy (non-hydrogen) atoms. The van der Waals surface area contributed by atoms with Gasteiger partial charge in [0.1, 0.15) is 0 Å². The first-order valence-corrected chi connectivity index (χ1v) is 4.50. The molecule has 2 nitrogen and oxygen atoms in total. The molecule has 0 rings (SSSR count). The van der Waals surface area contributed by atoms with Gasteiger partial charge in [0, 0.05) is 6.54 Å². The second-order valence-corrected chi connectivity index (χ2v) is 4.02. The number of amides is 1. The number of hydrogen-bond donors (Lipinski definition) is 1. The monoisotopic (exact) mass is 219 g/mol. The summed E-state index contributed by atoms with van der Waals surface area (Å²) in [5.74, 6) is 0.0301. The highest BCUT2D eigenvalue weighted by Gasteiger charge is 2.05. The highest BCUT2D eigenvalue weighted by molar-refractivity contribution is 9.10. The number of nitrogens with one attached hydrogen (secondary N) is 1. The van der Waals surface area contributed by atoms with Crippen molar-refractivity contribution in [2.75, 3.05) is 6.54 Å². The summed E-state index contributed by atoms with van der Waals surface area (Å²) in [4.78, 5) is 10.8. The predicted octanol–water partition coefficient (Wildman–Crippen LogP) is 1.85. The van der Waals surface area contributed by atoms with Gasteiger partial charge in [0.15, 0.2) is 0 Å². The van der Waals surface area contributed by atoms with Crippen LogP contribution in [-0.2, 0) is 4.79 Å². The van der Waals surface area contributed by atoms with Crippen LogP contribution in [-0.4, -0.2) is 17.3 Å². The molecule has 1 amide bonds. The zero-order chi connectivity index (χ0) is 8.85. The molecule has 0 aliphatic carbocycles. The standard InChI is InChI=1S/C8H14BrNO/c1-6(2)4-5-10-8(11)7(3)9/h4,7H,5H2,1-3H3,(H,10,11). The van der Waals surface area contributed by atoms with Crippen LogP contribution in [0, 0.1) is 0 Å². The van der Waals surface area contributed by atoms with Gasteiger partial charge in [-0.3, -0.25) is 4.79 Å². The van der Waals surface area contributed by atoms with Crippen LogP contribution < -0.4 is 5.32 Å². The number of rotatable bonds is 3. The molecule has 1 N–H and O–H groups in total. The zero-order valence-electron chi connectivity index (χ0n) is 7.15. The van der Waals surface area contributed by atoms with Crippen LogP contribution in [0.1, 0.15) is 20.8 Å². The molecule has 1 atom stereocenters. The Morgan fingerprint density at radius 1 is 1.64 bits per heavy atom. The van der Waals surface area contributed by atoms with Crippen LogP contribution in [0.15, 0.2) is 11.6 Å². The first-order chi connectivity index (χ1) is 5.04. The topological polar surface area (TPSA) is 29.1 Å². The zero-order valence-corrected chi connectivity index (χ0v) is 8.73. The molecule has 0 aliphatic heterocycles. The SMILES string of the molecule is CC(C)=CCNC(=O)C(C)Br. The van der Waals surface area contributed by atoms with E-state index in [9.17, 15) is 4.79 Å². The maximum absolute atomic E-state index is 10.9. The highest BCUT2D eigenvalue weighted by Crippen LogP contribution is 1.95. The van der Waals surface area contributed by atoms with E-state index in [1.165, 1.54) is 5.57 Å². The molecule has 0 radical (unpaired) electrons. The molecule has 0 heterocycles. The Bertz CT molecular complexity index is 159. The Hall–Kier alpha value is -0.310. The molecule has 0 aromatic rings. The van der Waals surface area contributed by atoms with Gasteiger partial charge in [-0.1, -0.05) is 27.6 Å². The van der Waals surface area contributed by atoms with Gasteiger partial charge in [-0.15, -0.1) is 0 Å². The molecule has 1 unspecified atom stereocenters. The smallest absolute Gasteiger partial charge is 0.233 e. The van der Waals surface area contributed by atoms with Crippen LogP contribution in [0.3, 0.4) is 0 Å². The van der Waals surface area contributed by atoms with Gasteiger partial charge in [0.25, 0.3) is 0 Å². The van der Waals surface area contributed by atoms with Gasteiger partial charge >= 0.3 is 0 Å². The quantitative estimate of drug-likeness (QED) is 0.570. The van der Waals surface area contributed by atoms with Crippen molar-refractivity contribution in [1.82, 2.24) is 5.32 Å². The van der Waals surface area contributed by atoms with E-state index in [0.717, 1.165) is 0 Å². The lowest BCUT2D eigenvalue weighted by Crippen LogP contribution is -2.29. The van der Waals surface area contributed by atoms with Crippen molar-refractivity contribution in [3.8, 4) is 0 Å². The minimum atomic E-state index is -0.104. The van der Waals surface area contributed by atoms with Gasteiger partial charge in [0.05, 0.1) is 4.83 Å². The molecular formula is C8H14BrNO. The van der Waals surface area contributed by atoms with Crippen molar-refractivity contribution in [2.45, 2.75) is 25.6 Å². The molecule has 64 valence electrons. The maximum Gasteiger partial charge on any atom is 0.233 e. The second kappa shape index (κ2) is 5.35. The van der Waals surface area contributed by atoms with E-state index in [2.05, 4.69) is 21.2 Å². The third-order valence-electron chi connectivity index (χ3n) is 1.15. The molecule has 0 aliphatic rings. The first-order valence-electron chi connectivity index (χ1n) is 3.59. The lowest BCUT2D eigenvalue weighted by atomic mass is 10.3. The fraction of sp³-hybridized carbons (Fsp3) is 0.625. The van der Waals surface area contributed by atoms with E-state index in [4.69, 9.17) is 0 Å². The molecule has 0 saturated heterocycles. The van der Waals surface area contributed by atoms with E-state index < -0.39 is 0 Å². The minimum absolute atomic E-state index is 0.0301. The molecule has 0 aromatic carbocycles. The lowest BCUT2D eigenvalue weighted by molar-refractivity contribution is -0.119. The number of alkyl halides is 1. The normalized spacial score (nSPS) is 12.0. The molecule has 0 spiro atoms. The number of carbonyl (C=O) groups excluding carboxylic acids is 1. The van der Waals surface area contributed by atoms with Crippen LogP contribution in [0.25, 0.3) is 0 Å². The largest absolute Gasteiger partial charge is 0.352 e. The number of hydrogen-bond acceptors (Lipinski definition) is 1. The van der Waals surface area contributed by atoms with Crippen molar-refractivity contribution in [3.63, 3.8) is 0 Å². The van der Waals surface area contributed by atoms with Gasteiger partial charge in [-0.05, 0) is 20.8 Å². The Labute approximate surface area is 76.2 Å². The Kier molecular flexibility index (Phi) is 5.20. The van der Waals surface area contributed by atoms with E-state index in [1.54, 1.807) is 6.92 Å². The molecule has 3 heteroatoms. The van der Waals surface area contributed by atoms with E-state index in [0.29, 0.717) is 6.54 Å². The summed E-state index contributed by atoms with van der Waals surface area (Å²) in [5.41, 5.74) is 1.22. The third kappa shape index (κ3) is 6.10. The van der Waals surface area contributed by atoms with Crippen molar-refractivity contribution >= 4 is 21.8 Å². The second-order valence-electron chi connectivity index (χ2n) is 2.64. The summed E-state index contributed by atoms with van der Waals surface area (Å²) in [5, 5.41) is 2.75. The van der Waals surface area contributed by atoms with Crippen LogP contribution >= 0.6 is 15.9 Å². The molecule has 0 fully saturated rings. The number of carbonyl (C=O) groups is 1. The average molecular weight is 220 g/mol. The van der Waals surface area contributed by atoms with Crippen molar-refractivity contribution in [3.05, 3.63) is 11.6 Å². The van der Waals surface area contributed by atoms with Crippen molar-refractivity contribution in [1.29, 1.82) is 0 Å². The number of allylic oxidation sites excluding steroid dienone is 1. The molecule has 0 saturated carbocycles. The van der Waals surface area contributed by atoms with Crippen LogP contribution in [0.2, 0.25) is 0 Å². The van der Waals surface area contributed by atoms with Crippen LogP contribution in [0.5, 0.6) is 0 Å². The Balaban J connectivity index is 3.56. The third-order valence-corrected chi connectivity index (χ3v) is 1.56. The van der Waals surface area contributed by atoms with Crippen LogP contribution in [0.4, 0.5) is 0 Å². The molecular weight excluding hydrogens is 206 g/mol. The summed E-state index contributed by atoms with van der Waals surface area (Å²) >= 11 is 3.17. The van der Waals surface area contributed by atoms with Gasteiger partial charge in [0.2, 0.25) is 5.91 Å². The van der Waals surface area contributed by atoms with E-state index in [1.807, 2.05) is 19.9 Å². The summed E-state index contributed by atoms with van der Waals surface area (Å²) in [7, 11) is 0. The molecule has 0 bridgehead atoms. The summed E-state index contributed by atoms with van der Waals surface area (Å²) in [6.07, 6.45) is 1.98. The fourth-order valence-electron chi connectivity index (χ4n) is 0.496. The van der Waals surface area contributed by atoms with Gasteiger partial charge < -0.3 is 5.32 Å². The Morgan fingerprint density at radius 2 is 2.18 bits per heavy atom. The van der Waals surface area contributed by atoms with E-state index in [-0.39, 0.29) is 10.7 Å². The number of halogens is 1. The Morgan fingerprint density at radius 3 is 2.55 bits per heavy atom. The fourth-order valence-corrected chi connectivity index (χ4v) is 0.658. The highest BCUT2D eigenvalue weighted by atomic mass is 79.9. The average Bonchev–Trinajstić information content (AvgIpc) is 1.86. The summed E-state index contributed by atoms with van der Waals surface area (Å²) in [6.45, 7) is 6.43. The molecule has 0 aromatic heterocycles. The predicted molar refractivity (Wildman–Crippen MR) is 50.8 cm³/mol. The lowest BCUT2D eigenvalue weighted by Gasteiger charge is -2.03. The summed E-state index contributed by atoms with van der Waals surface area (Å²) in [6, 6.07) is 0. The van der Waals surface area contributed by atoms with E-state index >= 15 is 0 Å². The minimum Gasteiger partial charge on any atom is -0.352 e. The van der Waals surface area contributed by atoms with Gasteiger partial charge in [-0.25, -0.2) is 0 Å². The summed E-state index contributed by atoms with van der Waals surface area (Å²) < 4.78 is 0. The maximum atomic E-state index is 10.9. The van der Waals surface area contributed by atoms with Crippen molar-refractivity contribution < 1.29 is 4.79 Å². The first kappa shape index (κ1) is 10.7. The van der Waals surface area contributed by atoms with Crippen molar-refractivity contribution in [2.24, 2.45) is 0 Å². The van der Waals surface area contributed by atoms with Gasteiger partial charge in [-0.2, -0.15) is 0 Å².